The highest BCUT2D eigenvalue weighted by Gasteiger charge is 2.21. The van der Waals surface area contributed by atoms with Crippen molar-refractivity contribution in [2.24, 2.45) is 0 Å². The van der Waals surface area contributed by atoms with Crippen molar-refractivity contribution in [3.63, 3.8) is 0 Å². The lowest BCUT2D eigenvalue weighted by atomic mass is 10.0. The van der Waals surface area contributed by atoms with Crippen LogP contribution in [0.25, 0.3) is 11.0 Å². The molecule has 0 aliphatic carbocycles. The zero-order valence-corrected chi connectivity index (χ0v) is 16.8. The molecule has 4 rings (SSSR count). The fourth-order valence-corrected chi connectivity index (χ4v) is 4.76. The van der Waals surface area contributed by atoms with E-state index in [9.17, 15) is 8.42 Å². The van der Waals surface area contributed by atoms with Crippen LogP contribution < -0.4 is 0 Å². The number of aryl methyl sites for hydroxylation is 1. The lowest BCUT2D eigenvalue weighted by molar-refractivity contribution is 0.242. The second kappa shape index (κ2) is 6.86. The van der Waals surface area contributed by atoms with E-state index in [1.807, 2.05) is 13.1 Å². The third kappa shape index (κ3) is 3.83. The number of rotatable bonds is 3. The van der Waals surface area contributed by atoms with Crippen molar-refractivity contribution in [1.82, 2.24) is 14.9 Å². The molecule has 0 amide bonds. The minimum Gasteiger partial charge on any atom is -0.294 e. The van der Waals surface area contributed by atoms with E-state index >= 15 is 0 Å². The van der Waals surface area contributed by atoms with Crippen LogP contribution in [-0.4, -0.2) is 36.1 Å². The van der Waals surface area contributed by atoms with Gasteiger partial charge in [0.15, 0.2) is 15.5 Å². The molecule has 0 bridgehead atoms. The highest BCUT2D eigenvalue weighted by Crippen LogP contribution is 2.26. The second-order valence-electron chi connectivity index (χ2n) is 7.14. The van der Waals surface area contributed by atoms with Crippen LogP contribution >= 0.6 is 11.6 Å². The minimum atomic E-state index is -3.33. The number of sulfone groups is 1. The molecule has 0 unspecified atom stereocenters. The van der Waals surface area contributed by atoms with Crippen molar-refractivity contribution >= 4 is 32.5 Å². The first kappa shape index (κ1) is 18.3. The van der Waals surface area contributed by atoms with E-state index in [1.165, 1.54) is 17.9 Å². The molecule has 0 atom stereocenters. The van der Waals surface area contributed by atoms with Gasteiger partial charge in [-0.1, -0.05) is 17.7 Å². The van der Waals surface area contributed by atoms with Crippen LogP contribution in [-0.2, 0) is 29.3 Å². The van der Waals surface area contributed by atoms with E-state index in [2.05, 4.69) is 22.0 Å². The van der Waals surface area contributed by atoms with Gasteiger partial charge < -0.3 is 0 Å². The maximum absolute atomic E-state index is 12.1. The van der Waals surface area contributed by atoms with Crippen LogP contribution in [0.5, 0.6) is 0 Å². The normalized spacial score (nSPS) is 15.1. The Kier molecular flexibility index (Phi) is 4.66. The summed E-state index contributed by atoms with van der Waals surface area (Å²) in [5.41, 5.74) is 4.92. The SMILES string of the molecule is Cc1cnc2nc3c(cc2c1)CN(Cc1ccc(Cl)cc1S(C)(=O)=O)CC3. The molecule has 2 aromatic heterocycles. The quantitative estimate of drug-likeness (QED) is 0.671. The predicted octanol–water partition coefficient (Wildman–Crippen LogP) is 3.55. The number of pyridine rings is 2. The Morgan fingerprint density at radius 3 is 2.81 bits per heavy atom. The molecule has 5 nitrogen and oxygen atoms in total. The maximum atomic E-state index is 12.1. The standard InChI is InChI=1S/C20H20ClN3O2S/c1-13-7-15-8-16-12-24(6-5-18(16)23-20(15)22-10-13)11-14-3-4-17(21)9-19(14)27(2,25)26/h3-4,7-10H,5-6,11-12H2,1-2H3. The highest BCUT2D eigenvalue weighted by molar-refractivity contribution is 7.90. The topological polar surface area (TPSA) is 63.2 Å². The molecule has 7 heteroatoms. The average Bonchev–Trinajstić information content (AvgIpc) is 2.60. The summed E-state index contributed by atoms with van der Waals surface area (Å²) in [6, 6.07) is 9.33. The van der Waals surface area contributed by atoms with E-state index in [0.29, 0.717) is 16.5 Å². The number of halogens is 1. The molecule has 1 aliphatic heterocycles. The first-order valence-corrected chi connectivity index (χ1v) is 11.0. The monoisotopic (exact) mass is 401 g/mol. The first-order chi connectivity index (χ1) is 12.8. The van der Waals surface area contributed by atoms with Gasteiger partial charge in [0.25, 0.3) is 0 Å². The van der Waals surface area contributed by atoms with E-state index in [0.717, 1.165) is 47.4 Å². The molecular weight excluding hydrogens is 382 g/mol. The van der Waals surface area contributed by atoms with E-state index in [1.54, 1.807) is 12.1 Å². The summed E-state index contributed by atoms with van der Waals surface area (Å²) in [5, 5.41) is 1.47. The smallest absolute Gasteiger partial charge is 0.175 e. The molecular formula is C20H20ClN3O2S. The van der Waals surface area contributed by atoms with Gasteiger partial charge in [0.05, 0.1) is 4.90 Å². The first-order valence-electron chi connectivity index (χ1n) is 8.75. The highest BCUT2D eigenvalue weighted by atomic mass is 35.5. The second-order valence-corrected chi connectivity index (χ2v) is 9.56. The Morgan fingerprint density at radius 2 is 2.04 bits per heavy atom. The number of fused-ring (bicyclic) bond motifs is 2. The summed E-state index contributed by atoms with van der Waals surface area (Å²) in [5.74, 6) is 0. The minimum absolute atomic E-state index is 0.303. The van der Waals surface area contributed by atoms with Gasteiger partial charge in [0.2, 0.25) is 0 Å². The fourth-order valence-electron chi connectivity index (χ4n) is 3.57. The van der Waals surface area contributed by atoms with Crippen molar-refractivity contribution in [3.05, 3.63) is 63.9 Å². The molecule has 0 radical (unpaired) electrons. The van der Waals surface area contributed by atoms with Crippen molar-refractivity contribution in [2.75, 3.05) is 12.8 Å². The zero-order chi connectivity index (χ0) is 19.2. The summed E-state index contributed by atoms with van der Waals surface area (Å²) in [6.07, 6.45) is 3.88. The van der Waals surface area contributed by atoms with Crippen LogP contribution in [0.4, 0.5) is 0 Å². The van der Waals surface area contributed by atoms with Gasteiger partial charge in [0, 0.05) is 54.6 Å². The van der Waals surface area contributed by atoms with Gasteiger partial charge in [-0.2, -0.15) is 0 Å². The lowest BCUT2D eigenvalue weighted by Crippen LogP contribution is -2.31. The van der Waals surface area contributed by atoms with Gasteiger partial charge >= 0.3 is 0 Å². The molecule has 0 spiro atoms. The Bertz CT molecular complexity index is 1150. The molecule has 3 aromatic rings. The molecule has 0 saturated heterocycles. The molecule has 1 aliphatic rings. The van der Waals surface area contributed by atoms with Crippen LogP contribution in [0.15, 0.2) is 41.4 Å². The molecule has 0 fully saturated rings. The van der Waals surface area contributed by atoms with Crippen molar-refractivity contribution in [1.29, 1.82) is 0 Å². The molecule has 0 saturated carbocycles. The maximum Gasteiger partial charge on any atom is 0.175 e. The molecule has 27 heavy (non-hydrogen) atoms. The van der Waals surface area contributed by atoms with Gasteiger partial charge in [0.1, 0.15) is 0 Å². The summed E-state index contributed by atoms with van der Waals surface area (Å²) in [6.45, 7) is 4.13. The van der Waals surface area contributed by atoms with Crippen molar-refractivity contribution in [3.8, 4) is 0 Å². The van der Waals surface area contributed by atoms with Gasteiger partial charge in [-0.3, -0.25) is 4.90 Å². The predicted molar refractivity (Wildman–Crippen MR) is 107 cm³/mol. The number of hydrogen-bond donors (Lipinski definition) is 0. The van der Waals surface area contributed by atoms with Crippen molar-refractivity contribution < 1.29 is 8.42 Å². The van der Waals surface area contributed by atoms with Crippen LogP contribution in [0, 0.1) is 6.92 Å². The summed E-state index contributed by atoms with van der Waals surface area (Å²) in [4.78, 5) is 11.7. The summed E-state index contributed by atoms with van der Waals surface area (Å²) < 4.78 is 24.3. The number of hydrogen-bond acceptors (Lipinski definition) is 5. The largest absolute Gasteiger partial charge is 0.294 e. The molecule has 3 heterocycles. The van der Waals surface area contributed by atoms with Crippen molar-refractivity contribution in [2.45, 2.75) is 31.3 Å². The number of nitrogens with zero attached hydrogens (tertiary/aromatic N) is 3. The Labute approximate surface area is 163 Å². The van der Waals surface area contributed by atoms with E-state index in [4.69, 9.17) is 16.6 Å². The lowest BCUT2D eigenvalue weighted by Gasteiger charge is -2.29. The third-order valence-corrected chi connectivity index (χ3v) is 6.27. The van der Waals surface area contributed by atoms with Gasteiger partial charge in [-0.15, -0.1) is 0 Å². The van der Waals surface area contributed by atoms with Crippen LogP contribution in [0.3, 0.4) is 0 Å². The molecule has 0 N–H and O–H groups in total. The van der Waals surface area contributed by atoms with E-state index in [-0.39, 0.29) is 0 Å². The average molecular weight is 402 g/mol. The Morgan fingerprint density at radius 1 is 1.22 bits per heavy atom. The fraction of sp³-hybridized carbons (Fsp3) is 0.300. The van der Waals surface area contributed by atoms with Crippen LogP contribution in [0.2, 0.25) is 5.02 Å². The Balaban J connectivity index is 1.64. The van der Waals surface area contributed by atoms with Crippen LogP contribution in [0.1, 0.15) is 22.4 Å². The summed E-state index contributed by atoms with van der Waals surface area (Å²) in [7, 11) is -3.33. The third-order valence-electron chi connectivity index (χ3n) is 4.85. The van der Waals surface area contributed by atoms with Gasteiger partial charge in [-0.05, 0) is 47.9 Å². The molecule has 1 aromatic carbocycles. The zero-order valence-electron chi connectivity index (χ0n) is 15.2. The number of aromatic nitrogens is 2. The summed E-state index contributed by atoms with van der Waals surface area (Å²) >= 11 is 6.01. The number of benzene rings is 1. The Hall–Kier alpha value is -2.02. The molecule has 140 valence electrons. The van der Waals surface area contributed by atoms with Gasteiger partial charge in [-0.25, -0.2) is 18.4 Å². The van der Waals surface area contributed by atoms with E-state index < -0.39 is 9.84 Å².